The molecule has 1 aliphatic rings. The Morgan fingerprint density at radius 2 is 2.13 bits per heavy atom. The second-order valence-electron chi connectivity index (χ2n) is 4.61. The summed E-state index contributed by atoms with van der Waals surface area (Å²) in [5.41, 5.74) is 9.89. The molecule has 1 aliphatic heterocycles. The first-order valence-electron chi connectivity index (χ1n) is 5.63. The number of rotatable bonds is 1. The highest BCUT2D eigenvalue weighted by Gasteiger charge is 2.23. The largest absolute Gasteiger partial charge is 0.493 e. The average molecular weight is 205 g/mol. The second-order valence-corrected chi connectivity index (χ2v) is 4.61. The van der Waals surface area contributed by atoms with Crippen LogP contribution in [0.15, 0.2) is 12.1 Å². The van der Waals surface area contributed by atoms with Gasteiger partial charge in [0.2, 0.25) is 0 Å². The van der Waals surface area contributed by atoms with Crippen LogP contribution in [0.3, 0.4) is 0 Å². The molecule has 82 valence electrons. The molecule has 2 nitrogen and oxygen atoms in total. The van der Waals surface area contributed by atoms with Crippen molar-refractivity contribution < 1.29 is 4.74 Å². The summed E-state index contributed by atoms with van der Waals surface area (Å²) in [5, 5.41) is 0. The summed E-state index contributed by atoms with van der Waals surface area (Å²) in [4.78, 5) is 0. The third-order valence-electron chi connectivity index (χ3n) is 3.11. The molecule has 1 aromatic carbocycles. The van der Waals surface area contributed by atoms with Crippen molar-refractivity contribution >= 4 is 0 Å². The van der Waals surface area contributed by atoms with E-state index in [4.69, 9.17) is 10.5 Å². The molecule has 0 amide bonds. The van der Waals surface area contributed by atoms with Gasteiger partial charge in [-0.05, 0) is 24.0 Å². The van der Waals surface area contributed by atoms with Crippen LogP contribution < -0.4 is 10.5 Å². The summed E-state index contributed by atoms with van der Waals surface area (Å²) in [5.74, 6) is 1.54. The summed E-state index contributed by atoms with van der Waals surface area (Å²) < 4.78 is 5.79. The fraction of sp³-hybridized carbons (Fsp3) is 0.538. The van der Waals surface area contributed by atoms with Crippen molar-refractivity contribution in [2.75, 3.05) is 6.61 Å². The number of hydrogen-bond donors (Lipinski definition) is 1. The van der Waals surface area contributed by atoms with Crippen molar-refractivity contribution in [3.05, 3.63) is 28.8 Å². The molecule has 0 saturated heterocycles. The maximum absolute atomic E-state index is 6.14. The molecule has 0 spiro atoms. The van der Waals surface area contributed by atoms with E-state index in [0.717, 1.165) is 18.8 Å². The molecule has 2 rings (SSSR count). The Morgan fingerprint density at radius 1 is 1.40 bits per heavy atom. The predicted octanol–water partition coefficient (Wildman–Crippen LogP) is 2.90. The molecule has 1 heterocycles. The van der Waals surface area contributed by atoms with Crippen molar-refractivity contribution in [2.24, 2.45) is 5.73 Å². The monoisotopic (exact) mass is 205 g/mol. The molecule has 0 saturated carbocycles. The molecule has 2 N–H and O–H groups in total. The molecule has 0 fully saturated rings. The summed E-state index contributed by atoms with van der Waals surface area (Å²) in [6.45, 7) is 7.23. The zero-order valence-corrected chi connectivity index (χ0v) is 9.71. The summed E-state index contributed by atoms with van der Waals surface area (Å²) >= 11 is 0. The van der Waals surface area contributed by atoms with Gasteiger partial charge in [0.15, 0.2) is 0 Å². The van der Waals surface area contributed by atoms with Gasteiger partial charge in [-0.1, -0.05) is 26.0 Å². The molecule has 0 radical (unpaired) electrons. The molecule has 0 bridgehead atoms. The second kappa shape index (κ2) is 3.86. The molecule has 0 aliphatic carbocycles. The minimum atomic E-state index is 0.146. The van der Waals surface area contributed by atoms with Crippen LogP contribution in [0.25, 0.3) is 0 Å². The highest BCUT2D eigenvalue weighted by molar-refractivity contribution is 5.50. The third kappa shape index (κ3) is 1.74. The zero-order chi connectivity index (χ0) is 11.0. The summed E-state index contributed by atoms with van der Waals surface area (Å²) in [6, 6.07) is 4.46. The Morgan fingerprint density at radius 3 is 2.80 bits per heavy atom. The number of ether oxygens (including phenoxy) is 1. The highest BCUT2D eigenvalue weighted by Crippen LogP contribution is 2.39. The fourth-order valence-electron chi connectivity index (χ4n) is 2.22. The molecule has 1 atom stereocenters. The first-order chi connectivity index (χ1) is 7.11. The van der Waals surface area contributed by atoms with Crippen LogP contribution in [-0.2, 0) is 0 Å². The Bertz CT molecular complexity index is 371. The minimum absolute atomic E-state index is 0.146. The summed E-state index contributed by atoms with van der Waals surface area (Å²) in [7, 11) is 0. The minimum Gasteiger partial charge on any atom is -0.493 e. The van der Waals surface area contributed by atoms with E-state index in [1.807, 2.05) is 0 Å². The van der Waals surface area contributed by atoms with Gasteiger partial charge in [0.25, 0.3) is 0 Å². The van der Waals surface area contributed by atoms with Gasteiger partial charge in [-0.15, -0.1) is 0 Å². The molecular weight excluding hydrogens is 186 g/mol. The van der Waals surface area contributed by atoms with Crippen LogP contribution in [0, 0.1) is 6.92 Å². The Balaban J connectivity index is 2.58. The maximum atomic E-state index is 6.14. The highest BCUT2D eigenvalue weighted by atomic mass is 16.5. The predicted molar refractivity (Wildman–Crippen MR) is 62.3 cm³/mol. The van der Waals surface area contributed by atoms with Gasteiger partial charge in [0.1, 0.15) is 5.75 Å². The number of nitrogens with two attached hydrogens (primary N) is 1. The molecule has 15 heavy (non-hydrogen) atoms. The number of hydrogen-bond acceptors (Lipinski definition) is 2. The first kappa shape index (κ1) is 10.5. The van der Waals surface area contributed by atoms with E-state index in [2.05, 4.69) is 32.9 Å². The smallest absolute Gasteiger partial charge is 0.127 e. The van der Waals surface area contributed by atoms with E-state index in [1.54, 1.807) is 0 Å². The average Bonchev–Trinajstić information content (AvgIpc) is 2.17. The van der Waals surface area contributed by atoms with Crippen LogP contribution in [0.4, 0.5) is 0 Å². The lowest BCUT2D eigenvalue weighted by Gasteiger charge is -2.28. The fourth-order valence-corrected chi connectivity index (χ4v) is 2.22. The van der Waals surface area contributed by atoms with Crippen molar-refractivity contribution in [2.45, 2.75) is 39.2 Å². The van der Waals surface area contributed by atoms with E-state index in [-0.39, 0.29) is 6.04 Å². The Labute approximate surface area is 91.4 Å². The molecule has 1 aromatic rings. The maximum Gasteiger partial charge on any atom is 0.127 e. The molecule has 1 unspecified atom stereocenters. The lowest BCUT2D eigenvalue weighted by atomic mass is 9.90. The lowest BCUT2D eigenvalue weighted by Crippen LogP contribution is -2.22. The normalized spacial score (nSPS) is 19.9. The van der Waals surface area contributed by atoms with Crippen LogP contribution >= 0.6 is 0 Å². The Kier molecular flexibility index (Phi) is 2.70. The quantitative estimate of drug-likeness (QED) is 0.765. The van der Waals surface area contributed by atoms with Gasteiger partial charge in [-0.2, -0.15) is 0 Å². The number of benzene rings is 1. The molecule has 0 aromatic heterocycles. The Hall–Kier alpha value is -1.02. The van der Waals surface area contributed by atoms with E-state index >= 15 is 0 Å². The molecular formula is C13H19NO. The van der Waals surface area contributed by atoms with E-state index < -0.39 is 0 Å². The van der Waals surface area contributed by atoms with Crippen LogP contribution in [0.5, 0.6) is 5.75 Å². The van der Waals surface area contributed by atoms with Crippen molar-refractivity contribution in [3.8, 4) is 5.75 Å². The SMILES string of the molecule is Cc1ccc(C(C)C)c2c1C(N)CCO2. The zero-order valence-electron chi connectivity index (χ0n) is 9.71. The number of fused-ring (bicyclic) bond motifs is 1. The van der Waals surface area contributed by atoms with Crippen molar-refractivity contribution in [3.63, 3.8) is 0 Å². The van der Waals surface area contributed by atoms with Crippen molar-refractivity contribution in [1.29, 1.82) is 0 Å². The van der Waals surface area contributed by atoms with E-state index in [1.165, 1.54) is 16.7 Å². The topological polar surface area (TPSA) is 35.2 Å². The lowest BCUT2D eigenvalue weighted by molar-refractivity contribution is 0.264. The van der Waals surface area contributed by atoms with E-state index in [0.29, 0.717) is 5.92 Å². The van der Waals surface area contributed by atoms with E-state index in [9.17, 15) is 0 Å². The molecule has 2 heteroatoms. The van der Waals surface area contributed by atoms with Gasteiger partial charge in [-0.3, -0.25) is 0 Å². The van der Waals surface area contributed by atoms with Crippen LogP contribution in [0.1, 0.15) is 48.9 Å². The number of aryl methyl sites for hydroxylation is 1. The van der Waals surface area contributed by atoms with Crippen LogP contribution in [-0.4, -0.2) is 6.61 Å². The van der Waals surface area contributed by atoms with Gasteiger partial charge in [-0.25, -0.2) is 0 Å². The first-order valence-corrected chi connectivity index (χ1v) is 5.63. The van der Waals surface area contributed by atoms with Gasteiger partial charge in [0.05, 0.1) is 6.61 Å². The van der Waals surface area contributed by atoms with Gasteiger partial charge < -0.3 is 10.5 Å². The third-order valence-corrected chi connectivity index (χ3v) is 3.11. The van der Waals surface area contributed by atoms with Gasteiger partial charge >= 0.3 is 0 Å². The van der Waals surface area contributed by atoms with Gasteiger partial charge in [0, 0.05) is 18.0 Å². The van der Waals surface area contributed by atoms with Crippen LogP contribution in [0.2, 0.25) is 0 Å². The van der Waals surface area contributed by atoms with Crippen molar-refractivity contribution in [1.82, 2.24) is 0 Å². The standard InChI is InChI=1S/C13H19NO/c1-8(2)10-5-4-9(3)12-11(14)6-7-15-13(10)12/h4-5,8,11H,6-7,14H2,1-3H3. The summed E-state index contributed by atoms with van der Waals surface area (Å²) in [6.07, 6.45) is 0.926.